The minimum atomic E-state index is -0.0865. The first kappa shape index (κ1) is 13.5. The van der Waals surface area contributed by atoms with Crippen molar-refractivity contribution in [2.24, 2.45) is 0 Å². The number of rotatable bonds is 4. The number of aliphatic hydroxyl groups excluding tert-OH is 1. The maximum absolute atomic E-state index is 9.18. The Labute approximate surface area is 108 Å². The minimum Gasteiger partial charge on any atom is -0.394 e. The highest BCUT2D eigenvalue weighted by molar-refractivity contribution is 4.89. The van der Waals surface area contributed by atoms with Crippen LogP contribution in [0.5, 0.6) is 0 Å². The Bertz CT molecular complexity index is 380. The summed E-state index contributed by atoms with van der Waals surface area (Å²) in [6, 6.07) is 0.651. The Morgan fingerprint density at radius 3 is 3.00 bits per heavy atom. The van der Waals surface area contributed by atoms with Crippen LogP contribution >= 0.6 is 0 Å². The number of aliphatic hydroxyl groups is 1. The number of ether oxygens (including phenoxy) is 1. The van der Waals surface area contributed by atoms with Crippen molar-refractivity contribution < 1.29 is 9.84 Å². The van der Waals surface area contributed by atoms with Crippen LogP contribution in [0.25, 0.3) is 0 Å². The lowest BCUT2D eigenvalue weighted by Crippen LogP contribution is -2.49. The van der Waals surface area contributed by atoms with Gasteiger partial charge < -0.3 is 9.84 Å². The summed E-state index contributed by atoms with van der Waals surface area (Å²) >= 11 is 0. The van der Waals surface area contributed by atoms with Crippen LogP contribution in [0.2, 0.25) is 0 Å². The Kier molecular flexibility index (Phi) is 4.31. The first-order valence-electron chi connectivity index (χ1n) is 6.46. The van der Waals surface area contributed by atoms with Gasteiger partial charge in [-0.2, -0.15) is 5.10 Å². The molecule has 1 aromatic rings. The van der Waals surface area contributed by atoms with Crippen LogP contribution in [0.3, 0.4) is 0 Å². The highest BCUT2D eigenvalue weighted by Crippen LogP contribution is 2.15. The van der Waals surface area contributed by atoms with Crippen molar-refractivity contribution in [3.63, 3.8) is 0 Å². The molecule has 0 bridgehead atoms. The Morgan fingerprint density at radius 1 is 1.56 bits per heavy atom. The van der Waals surface area contributed by atoms with E-state index in [4.69, 9.17) is 4.74 Å². The monoisotopic (exact) mass is 254 g/mol. The first-order chi connectivity index (χ1) is 8.61. The van der Waals surface area contributed by atoms with Gasteiger partial charge in [0, 0.05) is 18.6 Å². The van der Waals surface area contributed by atoms with E-state index < -0.39 is 0 Å². The second kappa shape index (κ2) is 5.77. The maximum atomic E-state index is 9.18. The highest BCUT2D eigenvalue weighted by atomic mass is 16.5. The lowest BCUT2D eigenvalue weighted by atomic mass is 10.2. The summed E-state index contributed by atoms with van der Waals surface area (Å²) in [7, 11) is 0. The third-order valence-corrected chi connectivity index (χ3v) is 3.32. The van der Waals surface area contributed by atoms with Gasteiger partial charge in [-0.3, -0.25) is 4.90 Å². The van der Waals surface area contributed by atoms with Gasteiger partial charge in [-0.25, -0.2) is 9.67 Å². The van der Waals surface area contributed by atoms with Crippen molar-refractivity contribution in [3.05, 3.63) is 12.2 Å². The molecule has 6 nitrogen and oxygen atoms in total. The zero-order chi connectivity index (χ0) is 13.1. The van der Waals surface area contributed by atoms with E-state index in [-0.39, 0.29) is 12.7 Å². The van der Waals surface area contributed by atoms with E-state index in [9.17, 15) is 5.11 Å². The van der Waals surface area contributed by atoms with Crippen molar-refractivity contribution >= 4 is 0 Å². The fourth-order valence-corrected chi connectivity index (χ4v) is 2.21. The molecule has 0 amide bonds. The molecule has 0 radical (unpaired) electrons. The van der Waals surface area contributed by atoms with Crippen LogP contribution in [0.15, 0.2) is 6.33 Å². The fraction of sp³-hybridized carbons (Fsp3) is 0.833. The Hall–Kier alpha value is -0.980. The summed E-state index contributed by atoms with van der Waals surface area (Å²) in [5, 5.41) is 13.4. The van der Waals surface area contributed by atoms with E-state index in [2.05, 4.69) is 35.8 Å². The van der Waals surface area contributed by atoms with Gasteiger partial charge >= 0.3 is 0 Å². The number of morpholine rings is 1. The summed E-state index contributed by atoms with van der Waals surface area (Å²) in [4.78, 5) is 6.61. The number of aromatic nitrogens is 3. The molecule has 0 saturated carbocycles. The molecule has 0 aromatic carbocycles. The molecular formula is C12H22N4O2. The largest absolute Gasteiger partial charge is 0.394 e. The molecule has 18 heavy (non-hydrogen) atoms. The third kappa shape index (κ3) is 2.88. The molecule has 1 aromatic heterocycles. The summed E-state index contributed by atoms with van der Waals surface area (Å²) < 4.78 is 7.47. The topological polar surface area (TPSA) is 63.4 Å². The molecule has 102 valence electrons. The molecule has 1 N–H and O–H groups in total. The molecule has 1 aliphatic heterocycles. The van der Waals surface area contributed by atoms with Gasteiger partial charge in [-0.1, -0.05) is 0 Å². The Morgan fingerprint density at radius 2 is 2.33 bits per heavy atom. The first-order valence-corrected chi connectivity index (χ1v) is 6.46. The van der Waals surface area contributed by atoms with Gasteiger partial charge in [0.25, 0.3) is 0 Å². The lowest BCUT2D eigenvalue weighted by molar-refractivity contribution is -0.0815. The van der Waals surface area contributed by atoms with E-state index in [0.29, 0.717) is 18.7 Å². The number of hydrogen-bond donors (Lipinski definition) is 1. The zero-order valence-electron chi connectivity index (χ0n) is 11.3. The fourth-order valence-electron chi connectivity index (χ4n) is 2.21. The van der Waals surface area contributed by atoms with E-state index in [1.54, 1.807) is 6.33 Å². The van der Waals surface area contributed by atoms with Crippen molar-refractivity contribution in [1.82, 2.24) is 19.7 Å². The average Bonchev–Trinajstić information content (AvgIpc) is 2.80. The molecule has 0 spiro atoms. The highest BCUT2D eigenvalue weighted by Gasteiger charge is 2.26. The smallest absolute Gasteiger partial charge is 0.141 e. The van der Waals surface area contributed by atoms with Crippen molar-refractivity contribution in [2.75, 3.05) is 19.8 Å². The van der Waals surface area contributed by atoms with Crippen LogP contribution in [0.1, 0.15) is 32.6 Å². The molecule has 6 heteroatoms. The minimum absolute atomic E-state index is 0.0695. The van der Waals surface area contributed by atoms with Gasteiger partial charge in [0.05, 0.1) is 25.9 Å². The van der Waals surface area contributed by atoms with E-state index >= 15 is 0 Å². The van der Waals surface area contributed by atoms with Crippen LogP contribution in [0, 0.1) is 0 Å². The third-order valence-electron chi connectivity index (χ3n) is 3.32. The maximum Gasteiger partial charge on any atom is 0.141 e. The Balaban J connectivity index is 2.05. The van der Waals surface area contributed by atoms with Gasteiger partial charge in [0.15, 0.2) is 0 Å². The quantitative estimate of drug-likeness (QED) is 0.844. The molecule has 2 unspecified atom stereocenters. The van der Waals surface area contributed by atoms with Gasteiger partial charge in [-0.05, 0) is 20.8 Å². The average molecular weight is 254 g/mol. The summed E-state index contributed by atoms with van der Waals surface area (Å²) in [5.41, 5.74) is 0. The molecule has 2 heterocycles. The second-order valence-corrected chi connectivity index (χ2v) is 5.13. The van der Waals surface area contributed by atoms with Crippen molar-refractivity contribution in [1.29, 1.82) is 0 Å². The normalized spacial score (nSPS) is 25.8. The predicted molar refractivity (Wildman–Crippen MR) is 67.1 cm³/mol. The van der Waals surface area contributed by atoms with Crippen LogP contribution in [-0.4, -0.2) is 56.7 Å². The molecule has 1 saturated heterocycles. The molecule has 1 fully saturated rings. The number of hydrogen-bond acceptors (Lipinski definition) is 5. The zero-order valence-corrected chi connectivity index (χ0v) is 11.3. The second-order valence-electron chi connectivity index (χ2n) is 5.13. The SMILES string of the molecule is CC1COC(CO)CN1Cc1ncnn1C(C)C. The van der Waals surface area contributed by atoms with Gasteiger partial charge in [0.2, 0.25) is 0 Å². The molecule has 2 rings (SSSR count). The predicted octanol–water partition coefficient (Wildman–Crippen LogP) is 0.441. The number of nitrogens with zero attached hydrogens (tertiary/aromatic N) is 4. The lowest BCUT2D eigenvalue weighted by Gasteiger charge is -2.37. The summed E-state index contributed by atoms with van der Waals surface area (Å²) in [5.74, 6) is 0.968. The molecule has 0 aliphatic carbocycles. The van der Waals surface area contributed by atoms with Crippen molar-refractivity contribution in [2.45, 2.75) is 45.5 Å². The van der Waals surface area contributed by atoms with Crippen LogP contribution in [-0.2, 0) is 11.3 Å². The van der Waals surface area contributed by atoms with Gasteiger partial charge in [-0.15, -0.1) is 0 Å². The standard InChI is InChI=1S/C12H22N4O2/c1-9(2)16-12(13-8-14-16)5-15-4-11(6-17)18-7-10(15)3/h8-11,17H,4-7H2,1-3H3. The van der Waals surface area contributed by atoms with E-state index in [1.807, 2.05) is 4.68 Å². The van der Waals surface area contributed by atoms with E-state index in [1.165, 1.54) is 0 Å². The van der Waals surface area contributed by atoms with Gasteiger partial charge in [0.1, 0.15) is 12.2 Å². The molecule has 2 atom stereocenters. The summed E-state index contributed by atoms with van der Waals surface area (Å²) in [6.07, 6.45) is 1.51. The van der Waals surface area contributed by atoms with E-state index in [0.717, 1.165) is 18.9 Å². The van der Waals surface area contributed by atoms with Crippen LogP contribution < -0.4 is 0 Å². The van der Waals surface area contributed by atoms with Crippen molar-refractivity contribution in [3.8, 4) is 0 Å². The molecular weight excluding hydrogens is 232 g/mol. The molecule has 1 aliphatic rings. The van der Waals surface area contributed by atoms with Crippen LogP contribution in [0.4, 0.5) is 0 Å². The summed E-state index contributed by atoms with van der Waals surface area (Å²) in [6.45, 7) is 8.53.